The van der Waals surface area contributed by atoms with Crippen molar-refractivity contribution in [3.8, 4) is 5.75 Å². The molecule has 2 rings (SSSR count). The van der Waals surface area contributed by atoms with Crippen LogP contribution in [0.25, 0.3) is 0 Å². The molecule has 0 spiro atoms. The van der Waals surface area contributed by atoms with E-state index in [0.29, 0.717) is 0 Å². The van der Waals surface area contributed by atoms with Gasteiger partial charge in [-0.25, -0.2) is 0 Å². The zero-order valence-electron chi connectivity index (χ0n) is 11.2. The molecule has 1 saturated heterocycles. The molecule has 0 aromatic heterocycles. The number of likely N-dealkylation sites (tertiary alicyclic amines) is 1. The summed E-state index contributed by atoms with van der Waals surface area (Å²) >= 11 is 7.01. The second-order valence-electron chi connectivity index (χ2n) is 5.09. The highest BCUT2D eigenvalue weighted by Gasteiger charge is 2.18. The van der Waals surface area contributed by atoms with Gasteiger partial charge in [0.2, 0.25) is 0 Å². The largest absolute Gasteiger partial charge is 0.492 e. The number of hydrogen-bond donors (Lipinski definition) is 0. The number of halogens is 2. The Morgan fingerprint density at radius 2 is 2.26 bits per heavy atom. The summed E-state index contributed by atoms with van der Waals surface area (Å²) in [4.78, 5) is 2.54. The summed E-state index contributed by atoms with van der Waals surface area (Å²) in [5.74, 6) is 1.81. The SMILES string of the molecule is BrCCC1CCCN(CCOc2cccc(Br)c2)C1. The van der Waals surface area contributed by atoms with Crippen LogP contribution in [0.15, 0.2) is 28.7 Å². The number of benzene rings is 1. The number of piperidine rings is 1. The highest BCUT2D eigenvalue weighted by Crippen LogP contribution is 2.21. The topological polar surface area (TPSA) is 12.5 Å². The summed E-state index contributed by atoms with van der Waals surface area (Å²) in [5.41, 5.74) is 0. The molecule has 0 aliphatic carbocycles. The Morgan fingerprint density at radius 1 is 1.37 bits per heavy atom. The molecule has 1 fully saturated rings. The van der Waals surface area contributed by atoms with Crippen LogP contribution in [0.4, 0.5) is 0 Å². The zero-order valence-corrected chi connectivity index (χ0v) is 14.3. The van der Waals surface area contributed by atoms with Gasteiger partial charge in [0.15, 0.2) is 0 Å². The number of hydrogen-bond acceptors (Lipinski definition) is 2. The Balaban J connectivity index is 1.70. The molecule has 4 heteroatoms. The van der Waals surface area contributed by atoms with Crippen LogP contribution in [0.2, 0.25) is 0 Å². The fourth-order valence-corrected chi connectivity index (χ4v) is 3.62. The highest BCUT2D eigenvalue weighted by molar-refractivity contribution is 9.10. The van der Waals surface area contributed by atoms with Crippen molar-refractivity contribution in [3.63, 3.8) is 0 Å². The zero-order chi connectivity index (χ0) is 13.5. The van der Waals surface area contributed by atoms with E-state index in [9.17, 15) is 0 Å². The molecule has 1 atom stereocenters. The second kappa shape index (κ2) is 8.28. The molecule has 1 unspecified atom stereocenters. The molecule has 2 nitrogen and oxygen atoms in total. The van der Waals surface area contributed by atoms with Crippen molar-refractivity contribution in [2.24, 2.45) is 5.92 Å². The van der Waals surface area contributed by atoms with E-state index in [-0.39, 0.29) is 0 Å². The maximum Gasteiger partial charge on any atom is 0.120 e. The van der Waals surface area contributed by atoms with Crippen LogP contribution in [-0.4, -0.2) is 36.5 Å². The summed E-state index contributed by atoms with van der Waals surface area (Å²) in [7, 11) is 0. The molecule has 1 aliphatic heterocycles. The van der Waals surface area contributed by atoms with Crippen molar-refractivity contribution in [3.05, 3.63) is 28.7 Å². The first-order chi connectivity index (χ1) is 9.28. The molecule has 19 heavy (non-hydrogen) atoms. The molecule has 106 valence electrons. The molecule has 0 saturated carbocycles. The van der Waals surface area contributed by atoms with Gasteiger partial charge in [-0.3, -0.25) is 4.90 Å². The Hall–Kier alpha value is -0.0600. The molecule has 0 N–H and O–H groups in total. The van der Waals surface area contributed by atoms with E-state index in [1.54, 1.807) is 0 Å². The van der Waals surface area contributed by atoms with Crippen molar-refractivity contribution < 1.29 is 4.74 Å². The van der Waals surface area contributed by atoms with Gasteiger partial charge in [-0.2, -0.15) is 0 Å². The molecule has 0 radical (unpaired) electrons. The summed E-state index contributed by atoms with van der Waals surface area (Å²) in [6.07, 6.45) is 4.01. The fraction of sp³-hybridized carbons (Fsp3) is 0.600. The van der Waals surface area contributed by atoms with Crippen LogP contribution in [0, 0.1) is 5.92 Å². The van der Waals surface area contributed by atoms with Crippen LogP contribution in [0.3, 0.4) is 0 Å². The van der Waals surface area contributed by atoms with E-state index < -0.39 is 0 Å². The number of alkyl halides is 1. The van der Waals surface area contributed by atoms with Crippen molar-refractivity contribution in [2.45, 2.75) is 19.3 Å². The van der Waals surface area contributed by atoms with Crippen molar-refractivity contribution in [1.82, 2.24) is 4.90 Å². The van der Waals surface area contributed by atoms with Crippen LogP contribution in [0.5, 0.6) is 5.75 Å². The van der Waals surface area contributed by atoms with Crippen LogP contribution in [-0.2, 0) is 0 Å². The summed E-state index contributed by atoms with van der Waals surface area (Å²) in [5, 5.41) is 1.13. The lowest BCUT2D eigenvalue weighted by molar-refractivity contribution is 0.145. The predicted molar refractivity (Wildman–Crippen MR) is 87.2 cm³/mol. The quantitative estimate of drug-likeness (QED) is 0.670. The van der Waals surface area contributed by atoms with E-state index in [1.807, 2.05) is 24.3 Å². The Labute approximate surface area is 132 Å². The molecule has 1 aromatic carbocycles. The lowest BCUT2D eigenvalue weighted by Gasteiger charge is -2.32. The van der Waals surface area contributed by atoms with Crippen molar-refractivity contribution in [1.29, 1.82) is 0 Å². The average Bonchev–Trinajstić information content (AvgIpc) is 2.40. The normalized spacial score (nSPS) is 20.4. The standard InChI is InChI=1S/C15H21Br2NO/c16-7-6-13-3-2-8-18(12-13)9-10-19-15-5-1-4-14(17)11-15/h1,4-5,11,13H,2-3,6-10,12H2. The summed E-state index contributed by atoms with van der Waals surface area (Å²) in [6.45, 7) is 4.26. The molecule has 1 aromatic rings. The Morgan fingerprint density at radius 3 is 3.05 bits per heavy atom. The smallest absolute Gasteiger partial charge is 0.120 e. The maximum absolute atomic E-state index is 5.80. The van der Waals surface area contributed by atoms with Crippen molar-refractivity contribution in [2.75, 3.05) is 31.6 Å². The van der Waals surface area contributed by atoms with Crippen molar-refractivity contribution >= 4 is 31.9 Å². The maximum atomic E-state index is 5.80. The van der Waals surface area contributed by atoms with Gasteiger partial charge in [-0.1, -0.05) is 37.9 Å². The molecule has 0 amide bonds. The molecule has 1 heterocycles. The number of rotatable bonds is 6. The van der Waals surface area contributed by atoms with Crippen LogP contribution in [0.1, 0.15) is 19.3 Å². The minimum absolute atomic E-state index is 0.775. The summed E-state index contributed by atoms with van der Waals surface area (Å²) in [6, 6.07) is 8.05. The lowest BCUT2D eigenvalue weighted by Crippen LogP contribution is -2.38. The third kappa shape index (κ3) is 5.44. The minimum Gasteiger partial charge on any atom is -0.492 e. The van der Waals surface area contributed by atoms with E-state index >= 15 is 0 Å². The molecule has 0 bridgehead atoms. The first-order valence-electron chi connectivity index (χ1n) is 6.94. The monoisotopic (exact) mass is 389 g/mol. The van der Waals surface area contributed by atoms with Gasteiger partial charge < -0.3 is 4.74 Å². The molecule has 1 aliphatic rings. The third-order valence-corrected chi connectivity index (χ3v) is 4.54. The average molecular weight is 391 g/mol. The Kier molecular flexibility index (Phi) is 6.68. The van der Waals surface area contributed by atoms with E-state index in [0.717, 1.165) is 34.6 Å². The predicted octanol–water partition coefficient (Wildman–Crippen LogP) is 4.32. The third-order valence-electron chi connectivity index (χ3n) is 3.59. The number of nitrogens with zero attached hydrogens (tertiary/aromatic N) is 1. The van der Waals surface area contributed by atoms with E-state index in [4.69, 9.17) is 4.74 Å². The molecular formula is C15H21Br2NO. The highest BCUT2D eigenvalue weighted by atomic mass is 79.9. The van der Waals surface area contributed by atoms with Gasteiger partial charge in [0.25, 0.3) is 0 Å². The lowest BCUT2D eigenvalue weighted by atomic mass is 9.96. The van der Waals surface area contributed by atoms with Gasteiger partial charge >= 0.3 is 0 Å². The van der Waals surface area contributed by atoms with Gasteiger partial charge in [0.05, 0.1) is 0 Å². The second-order valence-corrected chi connectivity index (χ2v) is 6.80. The summed E-state index contributed by atoms with van der Waals surface area (Å²) < 4.78 is 6.87. The van der Waals surface area contributed by atoms with Crippen LogP contribution >= 0.6 is 31.9 Å². The Bertz CT molecular complexity index is 384. The fourth-order valence-electron chi connectivity index (χ4n) is 2.59. The number of ether oxygens (including phenoxy) is 1. The first-order valence-corrected chi connectivity index (χ1v) is 8.86. The van der Waals surface area contributed by atoms with Gasteiger partial charge in [-0.05, 0) is 49.9 Å². The molecular weight excluding hydrogens is 370 g/mol. The van der Waals surface area contributed by atoms with E-state index in [2.05, 4.69) is 36.8 Å². The minimum atomic E-state index is 0.775. The first kappa shape index (κ1) is 15.3. The van der Waals surface area contributed by atoms with Gasteiger partial charge in [0.1, 0.15) is 12.4 Å². The van der Waals surface area contributed by atoms with E-state index in [1.165, 1.54) is 32.4 Å². The van der Waals surface area contributed by atoms with Gasteiger partial charge in [-0.15, -0.1) is 0 Å². The van der Waals surface area contributed by atoms with Crippen LogP contribution < -0.4 is 4.74 Å². The van der Waals surface area contributed by atoms with Gasteiger partial charge in [0, 0.05) is 22.9 Å².